The number of hydrogen-bond acceptors (Lipinski definition) is 7. The summed E-state index contributed by atoms with van der Waals surface area (Å²) >= 11 is 7.43. The van der Waals surface area contributed by atoms with Gasteiger partial charge in [0.1, 0.15) is 33.5 Å². The number of nitrogens with one attached hydrogen (secondary N) is 1. The van der Waals surface area contributed by atoms with Gasteiger partial charge in [-0.15, -0.1) is 0 Å². The Morgan fingerprint density at radius 2 is 0.434 bits per heavy atom. The molecule has 18 rings (SSSR count). The molecule has 14 aromatic carbocycles. The molecule has 0 fully saturated rings. The summed E-state index contributed by atoms with van der Waals surface area (Å²) in [5.74, 6) is 0. The Bertz CT molecular complexity index is 6100. The maximum Gasteiger partial charge on any atom is 0.160 e. The van der Waals surface area contributed by atoms with E-state index in [-0.39, 0.29) is 32.5 Å². The first-order valence-electron chi connectivity index (χ1n) is 39.4. The minimum absolute atomic E-state index is 0.00939. The summed E-state index contributed by atoms with van der Waals surface area (Å²) in [6.07, 6.45) is 0. The lowest BCUT2D eigenvalue weighted by Crippen LogP contribution is -2.15. The second-order valence-electron chi connectivity index (χ2n) is 36.5. The molecule has 9 heteroatoms. The van der Waals surface area contributed by atoms with Crippen molar-refractivity contribution in [2.24, 2.45) is 0 Å². The first-order valence-corrected chi connectivity index (χ1v) is 41.0. The van der Waals surface area contributed by atoms with Crippen LogP contribution in [0.2, 0.25) is 0 Å². The summed E-state index contributed by atoms with van der Waals surface area (Å²) in [6.45, 7) is 40.6. The van der Waals surface area contributed by atoms with E-state index >= 15 is 0 Å². The van der Waals surface area contributed by atoms with Crippen LogP contribution in [0.3, 0.4) is 0 Å². The number of benzene rings is 14. The van der Waals surface area contributed by atoms with Crippen molar-refractivity contribution in [3.8, 4) is 0 Å². The molecule has 0 amide bonds. The van der Waals surface area contributed by atoms with Gasteiger partial charge < -0.3 is 32.8 Å². The lowest BCUT2D eigenvalue weighted by Gasteiger charge is -2.29. The molecule has 0 aliphatic rings. The fourth-order valence-corrected chi connectivity index (χ4v) is 16.8. The zero-order valence-corrected chi connectivity index (χ0v) is 71.4. The number of anilines is 8. The predicted octanol–water partition coefficient (Wildman–Crippen LogP) is 33.0. The molecule has 1 N–H and O–H groups in total. The maximum atomic E-state index is 7.13. The molecule has 0 bridgehead atoms. The number of hydrogen-bond donors (Lipinski definition) is 1. The molecule has 0 unspecified atom stereocenters. The smallest absolute Gasteiger partial charge is 0.160 e. The van der Waals surface area contributed by atoms with Gasteiger partial charge in [0.2, 0.25) is 0 Å². The molecule has 0 spiro atoms. The summed E-state index contributed by atoms with van der Waals surface area (Å²) in [7, 11) is 0. The van der Waals surface area contributed by atoms with E-state index in [1.54, 1.807) is 0 Å². The molecular formula is C104H99Br2N3O4. The van der Waals surface area contributed by atoms with Gasteiger partial charge >= 0.3 is 0 Å². The van der Waals surface area contributed by atoms with E-state index in [2.05, 4.69) is 402 Å². The first kappa shape index (κ1) is 76.2. The van der Waals surface area contributed by atoms with Gasteiger partial charge in [-0.05, 0) is 241 Å². The number of halogens is 2. The van der Waals surface area contributed by atoms with E-state index in [4.69, 9.17) is 17.7 Å². The number of fused-ring (bicyclic) bond motifs is 18. The van der Waals surface area contributed by atoms with Gasteiger partial charge in [-0.1, -0.05) is 270 Å². The van der Waals surface area contributed by atoms with Crippen LogP contribution in [0.25, 0.3) is 109 Å². The van der Waals surface area contributed by atoms with Crippen molar-refractivity contribution < 1.29 is 17.7 Å². The van der Waals surface area contributed by atoms with Crippen molar-refractivity contribution in [2.45, 2.75) is 157 Å². The standard InChI is InChI=1S/C62H62N2O2.C22H10Br2O2.C20H27N/c1-59(2,3)39-21-29-43(30-22-39)63(44-31-23-40(24-32-44)60(4,5)6)51-37-49-50(55-47-17-13-15-19-53(47)65-57(51)55)38-52(58-56(49)48-18-14-16-20-54(48)66-58)64(45-33-25-41(26-34-45)61(7,8)9)46-35-27-42(28-36-46)62(10,11)12;23-15-10-14-13(19-11-5-1-3-7-17(11)25-21(15)19)9-16(24)22-20(14)12-6-2-4-8-18(12)26-22;1-19(2,3)15-7-11-17(12-8-15)21-18-13-9-16(10-14-18)20(4,5)6/h13-38H,1-12H3;1-10H;7-14,21H,1-6H3. The van der Waals surface area contributed by atoms with Crippen LogP contribution >= 0.6 is 31.9 Å². The third kappa shape index (κ3) is 14.6. The molecule has 0 atom stereocenters. The van der Waals surface area contributed by atoms with E-state index in [1.165, 1.54) is 33.4 Å². The lowest BCUT2D eigenvalue weighted by molar-refractivity contribution is 0.590. The summed E-state index contributed by atoms with van der Waals surface area (Å²) in [6, 6.07) is 95.9. The monoisotopic (exact) mass is 1610 g/mol. The third-order valence-electron chi connectivity index (χ3n) is 22.3. The van der Waals surface area contributed by atoms with E-state index < -0.39 is 0 Å². The molecule has 0 aliphatic heterocycles. The van der Waals surface area contributed by atoms with Crippen molar-refractivity contribution in [2.75, 3.05) is 15.1 Å². The fraction of sp³-hybridized carbons (Fsp3) is 0.231. The maximum absolute atomic E-state index is 7.13. The zero-order chi connectivity index (χ0) is 79.6. The highest BCUT2D eigenvalue weighted by Crippen LogP contribution is 2.54. The molecule has 7 nitrogen and oxygen atoms in total. The summed E-state index contributed by atoms with van der Waals surface area (Å²) in [5, 5.41) is 16.7. The predicted molar refractivity (Wildman–Crippen MR) is 490 cm³/mol. The Hall–Kier alpha value is -10.8. The highest BCUT2D eigenvalue weighted by molar-refractivity contribution is 9.11. The van der Waals surface area contributed by atoms with Gasteiger partial charge in [0.05, 0.1) is 20.3 Å². The van der Waals surface area contributed by atoms with Crippen LogP contribution in [0.15, 0.2) is 294 Å². The lowest BCUT2D eigenvalue weighted by atomic mass is 9.86. The van der Waals surface area contributed by atoms with Crippen LogP contribution in [0, 0.1) is 0 Å². The van der Waals surface area contributed by atoms with Crippen molar-refractivity contribution in [1.29, 1.82) is 0 Å². The van der Waals surface area contributed by atoms with Crippen LogP contribution in [-0.4, -0.2) is 0 Å². The largest absolute Gasteiger partial charge is 0.455 e. The van der Waals surface area contributed by atoms with Gasteiger partial charge in [-0.2, -0.15) is 0 Å². The van der Waals surface area contributed by atoms with Crippen molar-refractivity contribution in [1.82, 2.24) is 0 Å². The van der Waals surface area contributed by atoms with Crippen LogP contribution in [0.1, 0.15) is 158 Å². The minimum Gasteiger partial charge on any atom is -0.455 e. The summed E-state index contributed by atoms with van der Waals surface area (Å²) < 4.78 is 28.4. The van der Waals surface area contributed by atoms with E-state index in [1.807, 2.05) is 36.4 Å². The van der Waals surface area contributed by atoms with Crippen LogP contribution < -0.4 is 15.1 Å². The fourth-order valence-electron chi connectivity index (χ4n) is 15.8. The SMILES string of the molecule is Brc1cc2c(cc(Br)c3oc4ccccc4c32)c2c1oc1ccccc12.CC(C)(C)c1ccc(N(c2ccc(C(C)(C)C)cc2)c2cc3c(cc(N(c4ccc(C(C)(C)C)cc4)c4ccc(C(C)(C)C)cc4)c4oc5ccccc5c43)c3c2oc2ccccc23)cc1.CC(C)(C)c1ccc(Nc2ccc(C(C)(C)C)cc2)cc1. The molecule has 0 saturated carbocycles. The highest BCUT2D eigenvalue weighted by atomic mass is 79.9. The van der Waals surface area contributed by atoms with E-state index in [9.17, 15) is 0 Å². The first-order chi connectivity index (χ1) is 53.6. The second-order valence-corrected chi connectivity index (χ2v) is 38.3. The van der Waals surface area contributed by atoms with Gasteiger partial charge in [0.15, 0.2) is 11.2 Å². The normalized spacial score (nSPS) is 12.6. The topological polar surface area (TPSA) is 71.1 Å². The highest BCUT2D eigenvalue weighted by Gasteiger charge is 2.31. The van der Waals surface area contributed by atoms with Crippen molar-refractivity contribution in [3.05, 3.63) is 309 Å². The Labute approximate surface area is 680 Å². The zero-order valence-electron chi connectivity index (χ0n) is 68.2. The van der Waals surface area contributed by atoms with E-state index in [0.717, 1.165) is 164 Å². The van der Waals surface area contributed by atoms with Gasteiger partial charge in [-0.25, -0.2) is 0 Å². The van der Waals surface area contributed by atoms with Crippen LogP contribution in [0.4, 0.5) is 45.5 Å². The van der Waals surface area contributed by atoms with E-state index in [0.29, 0.717) is 0 Å². The van der Waals surface area contributed by atoms with Gasteiger partial charge in [0, 0.05) is 77.2 Å². The molecule has 0 radical (unpaired) electrons. The molecule has 18 aromatic rings. The quantitative estimate of drug-likeness (QED) is 0.163. The molecule has 0 aliphatic carbocycles. The van der Waals surface area contributed by atoms with Crippen molar-refractivity contribution >= 4 is 187 Å². The number of rotatable bonds is 8. The third-order valence-corrected chi connectivity index (χ3v) is 23.5. The molecule has 113 heavy (non-hydrogen) atoms. The Morgan fingerprint density at radius 3 is 0.673 bits per heavy atom. The Balaban J connectivity index is 0.000000165. The van der Waals surface area contributed by atoms with Gasteiger partial charge in [-0.3, -0.25) is 0 Å². The van der Waals surface area contributed by atoms with Crippen LogP contribution in [-0.2, 0) is 32.5 Å². The van der Waals surface area contributed by atoms with Gasteiger partial charge in [0.25, 0.3) is 0 Å². The molecule has 4 aromatic heterocycles. The molecule has 568 valence electrons. The number of furan rings is 4. The number of nitrogens with zero attached hydrogens (tertiary/aromatic N) is 2. The molecule has 0 saturated heterocycles. The average molecular weight is 1610 g/mol. The van der Waals surface area contributed by atoms with Crippen LogP contribution in [0.5, 0.6) is 0 Å². The summed E-state index contributed by atoms with van der Waals surface area (Å²) in [5.41, 5.74) is 23.6. The minimum atomic E-state index is 0.00939. The molecule has 4 heterocycles. The Morgan fingerprint density at radius 1 is 0.230 bits per heavy atom. The number of para-hydroxylation sites is 4. The molecular weight excluding hydrogens is 1510 g/mol. The summed E-state index contributed by atoms with van der Waals surface area (Å²) in [4.78, 5) is 4.76. The second kappa shape index (κ2) is 28.7. The van der Waals surface area contributed by atoms with Crippen molar-refractivity contribution in [3.63, 3.8) is 0 Å². The average Bonchev–Trinajstić information content (AvgIpc) is 1.56. The Kier molecular flexibility index (Phi) is 19.3.